The quantitative estimate of drug-likeness (QED) is 0.858. The Morgan fingerprint density at radius 2 is 2.46 bits per heavy atom. The van der Waals surface area contributed by atoms with Crippen LogP contribution in [0.4, 0.5) is 0 Å². The molecule has 1 unspecified atom stereocenters. The maximum absolute atomic E-state index is 3.64. The molecule has 1 aliphatic heterocycles. The average Bonchev–Trinajstić information content (AvgIpc) is 2.73. The maximum atomic E-state index is 3.64. The zero-order valence-corrected chi connectivity index (χ0v) is 10.2. The molecule has 72 valence electrons. The fraction of sp³-hybridized carbons (Fsp3) is 0.600. The van der Waals surface area contributed by atoms with Crippen molar-refractivity contribution in [1.82, 2.24) is 5.32 Å². The van der Waals surface area contributed by atoms with Crippen LogP contribution in [0.2, 0.25) is 0 Å². The molecule has 0 spiro atoms. The molecular weight excluding hydrogens is 246 g/mol. The van der Waals surface area contributed by atoms with Crippen LogP contribution in [0.25, 0.3) is 0 Å². The van der Waals surface area contributed by atoms with Crippen molar-refractivity contribution in [2.75, 3.05) is 6.54 Å². The van der Waals surface area contributed by atoms with Gasteiger partial charge >= 0.3 is 0 Å². The lowest BCUT2D eigenvalue weighted by Crippen LogP contribution is -2.34. The first-order chi connectivity index (χ1) is 6.27. The highest BCUT2D eigenvalue weighted by Crippen LogP contribution is 2.39. The highest BCUT2D eigenvalue weighted by atomic mass is 79.9. The van der Waals surface area contributed by atoms with Crippen LogP contribution in [0.15, 0.2) is 15.9 Å². The van der Waals surface area contributed by atoms with Crippen LogP contribution in [0.1, 0.15) is 31.1 Å². The van der Waals surface area contributed by atoms with Crippen LogP contribution in [-0.2, 0) is 5.54 Å². The molecule has 0 bridgehead atoms. The molecule has 0 amide bonds. The fourth-order valence-electron chi connectivity index (χ4n) is 2.06. The number of hydrogen-bond donors (Lipinski definition) is 1. The monoisotopic (exact) mass is 259 g/mol. The predicted molar refractivity (Wildman–Crippen MR) is 61.2 cm³/mol. The summed E-state index contributed by atoms with van der Waals surface area (Å²) in [5.74, 6) is 0. The van der Waals surface area contributed by atoms with Crippen molar-refractivity contribution < 1.29 is 0 Å². The summed E-state index contributed by atoms with van der Waals surface area (Å²) in [6.45, 7) is 3.44. The molecule has 0 aromatic carbocycles. The summed E-state index contributed by atoms with van der Waals surface area (Å²) in [5.41, 5.74) is 0.288. The van der Waals surface area contributed by atoms with Gasteiger partial charge in [-0.05, 0) is 53.9 Å². The minimum atomic E-state index is 0.288. The van der Waals surface area contributed by atoms with E-state index in [1.54, 1.807) is 0 Å². The van der Waals surface area contributed by atoms with Crippen LogP contribution in [0.3, 0.4) is 0 Å². The largest absolute Gasteiger partial charge is 0.307 e. The van der Waals surface area contributed by atoms with Gasteiger partial charge in [-0.3, -0.25) is 0 Å². The van der Waals surface area contributed by atoms with Gasteiger partial charge in [0.15, 0.2) is 0 Å². The molecule has 1 saturated heterocycles. The molecule has 0 saturated carbocycles. The van der Waals surface area contributed by atoms with Gasteiger partial charge in [-0.25, -0.2) is 0 Å². The number of rotatable bonds is 2. The van der Waals surface area contributed by atoms with Gasteiger partial charge in [0, 0.05) is 4.88 Å². The van der Waals surface area contributed by atoms with Crippen molar-refractivity contribution in [3.63, 3.8) is 0 Å². The maximum Gasteiger partial charge on any atom is 0.0702 e. The van der Waals surface area contributed by atoms with E-state index in [1.165, 1.54) is 34.5 Å². The first-order valence-corrected chi connectivity index (χ1v) is 6.39. The van der Waals surface area contributed by atoms with Crippen LogP contribution >= 0.6 is 27.3 Å². The summed E-state index contributed by atoms with van der Waals surface area (Å²) in [6, 6.07) is 4.40. The summed E-state index contributed by atoms with van der Waals surface area (Å²) >= 11 is 5.39. The van der Waals surface area contributed by atoms with E-state index in [9.17, 15) is 0 Å². The van der Waals surface area contributed by atoms with Gasteiger partial charge in [0.05, 0.1) is 9.33 Å². The van der Waals surface area contributed by atoms with E-state index in [2.05, 4.69) is 40.3 Å². The van der Waals surface area contributed by atoms with Crippen molar-refractivity contribution >= 4 is 27.3 Å². The van der Waals surface area contributed by atoms with Crippen molar-refractivity contribution in [2.45, 2.75) is 31.7 Å². The van der Waals surface area contributed by atoms with E-state index in [4.69, 9.17) is 0 Å². The van der Waals surface area contributed by atoms with E-state index in [1.807, 2.05) is 11.3 Å². The third kappa shape index (κ3) is 1.69. The van der Waals surface area contributed by atoms with Crippen molar-refractivity contribution in [3.05, 3.63) is 20.8 Å². The summed E-state index contributed by atoms with van der Waals surface area (Å²) in [4.78, 5) is 1.49. The molecule has 3 heteroatoms. The summed E-state index contributed by atoms with van der Waals surface area (Å²) in [7, 11) is 0. The minimum absolute atomic E-state index is 0.288. The van der Waals surface area contributed by atoms with Crippen LogP contribution in [-0.4, -0.2) is 6.54 Å². The number of thiophene rings is 1. The average molecular weight is 260 g/mol. The Morgan fingerprint density at radius 1 is 1.62 bits per heavy atom. The minimum Gasteiger partial charge on any atom is -0.307 e. The molecule has 1 N–H and O–H groups in total. The summed E-state index contributed by atoms with van der Waals surface area (Å²) < 4.78 is 1.24. The zero-order valence-electron chi connectivity index (χ0n) is 7.77. The SMILES string of the molecule is CCC1(c2ccc(Br)s2)CCCN1. The lowest BCUT2D eigenvalue weighted by molar-refractivity contribution is 0.384. The van der Waals surface area contributed by atoms with Crippen molar-refractivity contribution in [3.8, 4) is 0 Å². The van der Waals surface area contributed by atoms with Crippen LogP contribution < -0.4 is 5.32 Å². The molecule has 1 aromatic rings. The molecule has 0 radical (unpaired) electrons. The third-order valence-corrected chi connectivity index (χ3v) is 4.72. The third-order valence-electron chi connectivity index (χ3n) is 2.89. The van der Waals surface area contributed by atoms with Crippen LogP contribution in [0, 0.1) is 0 Å². The Balaban J connectivity index is 2.30. The molecular formula is C10H14BrNS. The van der Waals surface area contributed by atoms with Crippen molar-refractivity contribution in [2.24, 2.45) is 0 Å². The van der Waals surface area contributed by atoms with Crippen LogP contribution in [0.5, 0.6) is 0 Å². The van der Waals surface area contributed by atoms with E-state index in [-0.39, 0.29) is 5.54 Å². The van der Waals surface area contributed by atoms with E-state index in [0.29, 0.717) is 0 Å². The predicted octanol–water partition coefficient (Wildman–Crippen LogP) is 3.50. The van der Waals surface area contributed by atoms with Gasteiger partial charge in [-0.2, -0.15) is 0 Å². The smallest absolute Gasteiger partial charge is 0.0702 e. The highest BCUT2D eigenvalue weighted by Gasteiger charge is 2.34. The number of hydrogen-bond acceptors (Lipinski definition) is 2. The van der Waals surface area contributed by atoms with E-state index >= 15 is 0 Å². The standard InChI is InChI=1S/C10H14BrNS/c1-2-10(6-3-7-12-10)8-4-5-9(11)13-8/h4-5,12H,2-3,6-7H2,1H3. The molecule has 1 atom stereocenters. The highest BCUT2D eigenvalue weighted by molar-refractivity contribution is 9.11. The topological polar surface area (TPSA) is 12.0 Å². The molecule has 0 aliphatic carbocycles. The fourth-order valence-corrected chi connectivity index (χ4v) is 3.72. The molecule has 1 aliphatic rings. The Morgan fingerprint density at radius 3 is 2.92 bits per heavy atom. The van der Waals surface area contributed by atoms with Gasteiger partial charge < -0.3 is 5.32 Å². The molecule has 1 aromatic heterocycles. The van der Waals surface area contributed by atoms with Gasteiger partial charge in [0.2, 0.25) is 0 Å². The van der Waals surface area contributed by atoms with E-state index in [0.717, 1.165) is 0 Å². The zero-order chi connectivity index (χ0) is 9.31. The summed E-state index contributed by atoms with van der Waals surface area (Å²) in [5, 5.41) is 3.64. The number of nitrogens with one attached hydrogen (secondary N) is 1. The van der Waals surface area contributed by atoms with Gasteiger partial charge in [0.25, 0.3) is 0 Å². The van der Waals surface area contributed by atoms with Gasteiger partial charge in [-0.1, -0.05) is 6.92 Å². The van der Waals surface area contributed by atoms with Gasteiger partial charge in [0.1, 0.15) is 0 Å². The van der Waals surface area contributed by atoms with Crippen molar-refractivity contribution in [1.29, 1.82) is 0 Å². The lowest BCUT2D eigenvalue weighted by Gasteiger charge is -2.26. The van der Waals surface area contributed by atoms with E-state index < -0.39 is 0 Å². The Kier molecular flexibility index (Phi) is 2.77. The normalized spacial score (nSPS) is 28.2. The second-order valence-electron chi connectivity index (χ2n) is 3.57. The first kappa shape index (κ1) is 9.69. The molecule has 2 rings (SSSR count). The summed E-state index contributed by atoms with van der Waals surface area (Å²) in [6.07, 6.45) is 3.79. The molecule has 1 fully saturated rings. The molecule has 2 heterocycles. The molecule has 13 heavy (non-hydrogen) atoms. The lowest BCUT2D eigenvalue weighted by atomic mass is 9.92. The second kappa shape index (κ2) is 3.71. The second-order valence-corrected chi connectivity index (χ2v) is 6.03. The first-order valence-electron chi connectivity index (χ1n) is 4.78. The Bertz CT molecular complexity index is 289. The Labute approximate surface area is 91.7 Å². The number of halogens is 1. The molecule has 1 nitrogen and oxygen atoms in total. The Hall–Kier alpha value is 0.140. The van der Waals surface area contributed by atoms with Gasteiger partial charge in [-0.15, -0.1) is 11.3 Å².